The van der Waals surface area contributed by atoms with E-state index in [1.165, 1.54) is 23.5 Å². The monoisotopic (exact) mass is 443 g/mol. The highest BCUT2D eigenvalue weighted by Crippen LogP contribution is 2.30. The van der Waals surface area contributed by atoms with Gasteiger partial charge in [-0.15, -0.1) is 0 Å². The number of rotatable bonds is 5. The Morgan fingerprint density at radius 3 is 2.60 bits per heavy atom. The van der Waals surface area contributed by atoms with E-state index in [-0.39, 0.29) is 10.8 Å². The van der Waals surface area contributed by atoms with E-state index in [0.717, 1.165) is 23.1 Å². The van der Waals surface area contributed by atoms with Crippen molar-refractivity contribution in [1.82, 2.24) is 9.29 Å². The van der Waals surface area contributed by atoms with Crippen LogP contribution in [0, 0.1) is 5.92 Å². The maximum absolute atomic E-state index is 13.1. The van der Waals surface area contributed by atoms with Crippen molar-refractivity contribution in [2.24, 2.45) is 5.92 Å². The van der Waals surface area contributed by atoms with Gasteiger partial charge in [0.2, 0.25) is 10.0 Å². The highest BCUT2D eigenvalue weighted by molar-refractivity contribution is 7.89. The molecule has 1 unspecified atom stereocenters. The normalized spacial score (nSPS) is 17.9. The van der Waals surface area contributed by atoms with E-state index in [9.17, 15) is 13.2 Å². The van der Waals surface area contributed by atoms with Crippen LogP contribution in [0.4, 0.5) is 5.13 Å². The van der Waals surface area contributed by atoms with Crippen molar-refractivity contribution in [1.29, 1.82) is 0 Å². The van der Waals surface area contributed by atoms with E-state index in [1.54, 1.807) is 21.3 Å². The number of carbonyl (C=O) groups excluding carboxylic acids is 1. The minimum Gasteiger partial charge on any atom is -0.284 e. The zero-order valence-corrected chi connectivity index (χ0v) is 18.7. The molecule has 0 bridgehead atoms. The third kappa shape index (κ3) is 3.99. The Hall–Kier alpha value is -2.29. The van der Waals surface area contributed by atoms with Crippen molar-refractivity contribution in [2.75, 3.05) is 24.5 Å². The third-order valence-electron chi connectivity index (χ3n) is 5.43. The number of piperidine rings is 1. The summed E-state index contributed by atoms with van der Waals surface area (Å²) >= 11 is 1.47. The van der Waals surface area contributed by atoms with Gasteiger partial charge in [-0.05, 0) is 62.1 Å². The van der Waals surface area contributed by atoms with Crippen molar-refractivity contribution >= 4 is 42.6 Å². The predicted octanol–water partition coefficient (Wildman–Crippen LogP) is 4.38. The molecule has 1 amide bonds. The molecule has 1 aliphatic rings. The number of carbonyl (C=O) groups is 1. The molecule has 1 aliphatic heterocycles. The molecule has 1 fully saturated rings. The largest absolute Gasteiger partial charge is 0.284 e. The van der Waals surface area contributed by atoms with Gasteiger partial charge in [-0.3, -0.25) is 9.69 Å². The first-order valence-corrected chi connectivity index (χ1v) is 12.4. The molecule has 4 rings (SSSR count). The molecular weight excluding hydrogens is 418 g/mol. The average molecular weight is 444 g/mol. The van der Waals surface area contributed by atoms with Gasteiger partial charge in [0.1, 0.15) is 0 Å². The van der Waals surface area contributed by atoms with E-state index in [2.05, 4.69) is 11.9 Å². The molecule has 0 N–H and O–H groups in total. The predicted molar refractivity (Wildman–Crippen MR) is 121 cm³/mol. The summed E-state index contributed by atoms with van der Waals surface area (Å²) in [5, 5.41) is 0.641. The molecule has 0 saturated carbocycles. The molecule has 1 aromatic heterocycles. The Morgan fingerprint density at radius 2 is 1.93 bits per heavy atom. The minimum absolute atomic E-state index is 0.188. The number of hydrogen-bond acceptors (Lipinski definition) is 5. The molecule has 8 heteroatoms. The number of fused-ring (bicyclic) bond motifs is 1. The highest BCUT2D eigenvalue weighted by atomic mass is 32.2. The highest BCUT2D eigenvalue weighted by Gasteiger charge is 2.29. The summed E-state index contributed by atoms with van der Waals surface area (Å²) < 4.78 is 28.5. The second kappa shape index (κ2) is 8.45. The number of aromatic nitrogens is 1. The SMILES string of the molecule is CCN(C(=O)c1ccc(S(=O)(=O)N2CCCC(C)C2)cc1)c1nc2ccccc2s1. The lowest BCUT2D eigenvalue weighted by molar-refractivity contribution is 0.0988. The van der Waals surface area contributed by atoms with Crippen LogP contribution < -0.4 is 4.90 Å². The van der Waals surface area contributed by atoms with Gasteiger partial charge in [0.05, 0.1) is 15.1 Å². The molecule has 2 heterocycles. The second-order valence-electron chi connectivity index (χ2n) is 7.65. The van der Waals surface area contributed by atoms with Crippen LogP contribution >= 0.6 is 11.3 Å². The molecule has 3 aromatic rings. The van der Waals surface area contributed by atoms with Crippen LogP contribution in [0.1, 0.15) is 37.0 Å². The summed E-state index contributed by atoms with van der Waals surface area (Å²) in [7, 11) is -3.53. The van der Waals surface area contributed by atoms with Crippen LogP contribution in [0.25, 0.3) is 10.2 Å². The second-order valence-corrected chi connectivity index (χ2v) is 10.6. The van der Waals surface area contributed by atoms with Crippen LogP contribution in [-0.4, -0.2) is 43.2 Å². The van der Waals surface area contributed by atoms with Crippen LogP contribution in [0.3, 0.4) is 0 Å². The van der Waals surface area contributed by atoms with Crippen LogP contribution in [-0.2, 0) is 10.0 Å². The Bertz CT molecular complexity index is 1120. The van der Waals surface area contributed by atoms with Gasteiger partial charge in [0.15, 0.2) is 5.13 Å². The van der Waals surface area contributed by atoms with E-state index >= 15 is 0 Å². The Balaban J connectivity index is 1.57. The molecule has 158 valence electrons. The standard InChI is InChI=1S/C22H25N3O3S2/c1-3-25(22-23-19-8-4-5-9-20(19)29-22)21(26)17-10-12-18(13-11-17)30(27,28)24-14-6-7-16(2)15-24/h4-5,8-13,16H,3,6-7,14-15H2,1-2H3. The van der Waals surface area contributed by atoms with Gasteiger partial charge in [0.25, 0.3) is 5.91 Å². The van der Waals surface area contributed by atoms with E-state index in [1.807, 2.05) is 31.2 Å². The molecule has 1 saturated heterocycles. The number of thiazole rings is 1. The summed E-state index contributed by atoms with van der Waals surface area (Å²) in [6.07, 6.45) is 1.93. The van der Waals surface area contributed by atoms with E-state index < -0.39 is 10.0 Å². The summed E-state index contributed by atoms with van der Waals surface area (Å²) in [4.78, 5) is 19.5. The van der Waals surface area contributed by atoms with Gasteiger partial charge in [-0.1, -0.05) is 30.4 Å². The Kier molecular flexibility index (Phi) is 5.90. The van der Waals surface area contributed by atoms with Gasteiger partial charge in [-0.25, -0.2) is 13.4 Å². The number of sulfonamides is 1. The fourth-order valence-corrected chi connectivity index (χ4v) is 6.41. The smallest absolute Gasteiger partial charge is 0.260 e. The zero-order chi connectivity index (χ0) is 21.3. The molecule has 30 heavy (non-hydrogen) atoms. The van der Waals surface area contributed by atoms with E-state index in [4.69, 9.17) is 0 Å². The van der Waals surface area contributed by atoms with Gasteiger partial charge in [0, 0.05) is 25.2 Å². The van der Waals surface area contributed by atoms with Gasteiger partial charge >= 0.3 is 0 Å². The molecular formula is C22H25N3O3S2. The van der Waals surface area contributed by atoms with Crippen molar-refractivity contribution in [3.8, 4) is 0 Å². The lowest BCUT2D eigenvalue weighted by Crippen LogP contribution is -2.39. The lowest BCUT2D eigenvalue weighted by atomic mass is 10.0. The third-order valence-corrected chi connectivity index (χ3v) is 8.37. The number of hydrogen-bond donors (Lipinski definition) is 0. The fourth-order valence-electron chi connectivity index (χ4n) is 3.78. The number of amides is 1. The molecule has 0 spiro atoms. The molecule has 6 nitrogen and oxygen atoms in total. The van der Waals surface area contributed by atoms with E-state index in [0.29, 0.717) is 36.2 Å². The summed E-state index contributed by atoms with van der Waals surface area (Å²) in [6.45, 7) is 5.55. The first-order valence-electron chi connectivity index (χ1n) is 10.2. The molecule has 0 radical (unpaired) electrons. The van der Waals surface area contributed by atoms with Gasteiger partial charge in [-0.2, -0.15) is 4.31 Å². The Labute approximate surface area is 181 Å². The van der Waals surface area contributed by atoms with Crippen molar-refractivity contribution in [3.63, 3.8) is 0 Å². The first-order chi connectivity index (χ1) is 14.4. The van der Waals surface area contributed by atoms with Crippen LogP contribution in [0.15, 0.2) is 53.4 Å². The number of benzene rings is 2. The van der Waals surface area contributed by atoms with Crippen molar-refractivity contribution < 1.29 is 13.2 Å². The molecule has 1 atom stereocenters. The number of anilines is 1. The number of para-hydroxylation sites is 1. The summed E-state index contributed by atoms with van der Waals surface area (Å²) in [5.74, 6) is 0.174. The van der Waals surface area contributed by atoms with Crippen molar-refractivity contribution in [2.45, 2.75) is 31.6 Å². The zero-order valence-electron chi connectivity index (χ0n) is 17.1. The summed E-state index contributed by atoms with van der Waals surface area (Å²) in [5.41, 5.74) is 1.31. The Morgan fingerprint density at radius 1 is 1.20 bits per heavy atom. The number of nitrogens with zero attached hydrogens (tertiary/aromatic N) is 3. The molecule has 2 aromatic carbocycles. The topological polar surface area (TPSA) is 70.6 Å². The average Bonchev–Trinajstić information content (AvgIpc) is 3.18. The maximum atomic E-state index is 13.1. The maximum Gasteiger partial charge on any atom is 0.260 e. The summed E-state index contributed by atoms with van der Waals surface area (Å²) in [6, 6.07) is 14.0. The van der Waals surface area contributed by atoms with Gasteiger partial charge < -0.3 is 0 Å². The van der Waals surface area contributed by atoms with Crippen molar-refractivity contribution in [3.05, 3.63) is 54.1 Å². The lowest BCUT2D eigenvalue weighted by Gasteiger charge is -2.30. The van der Waals surface area contributed by atoms with Crippen LogP contribution in [0.5, 0.6) is 0 Å². The quantitative estimate of drug-likeness (QED) is 0.587. The first kappa shape index (κ1) is 21.0. The minimum atomic E-state index is -3.53. The molecule has 0 aliphatic carbocycles. The fraction of sp³-hybridized carbons (Fsp3) is 0.364. The van der Waals surface area contributed by atoms with Crippen LogP contribution in [0.2, 0.25) is 0 Å².